The number of para-hydroxylation sites is 1. The molecule has 0 fully saturated rings. The van der Waals surface area contributed by atoms with Crippen molar-refractivity contribution in [2.45, 2.75) is 19.8 Å². The van der Waals surface area contributed by atoms with Crippen molar-refractivity contribution in [1.29, 1.82) is 0 Å². The number of hydrogen-bond donors (Lipinski definition) is 3. The Morgan fingerprint density at radius 2 is 1.64 bits per heavy atom. The van der Waals surface area contributed by atoms with Crippen LogP contribution in [0.25, 0.3) is 0 Å². The molecule has 0 aliphatic carbocycles. The number of esters is 1. The maximum atomic E-state index is 12.3. The molecule has 0 atom stereocenters. The average Bonchev–Trinajstić information content (AvgIpc) is 2.67. The average molecular weight is 399 g/mol. The fraction of sp³-hybridized carbons (Fsp3) is 0.200. The van der Waals surface area contributed by atoms with Crippen molar-refractivity contribution in [2.75, 3.05) is 17.2 Å². The van der Waals surface area contributed by atoms with Gasteiger partial charge in [-0.1, -0.05) is 24.3 Å². The van der Waals surface area contributed by atoms with Crippen LogP contribution in [0.3, 0.4) is 0 Å². The quantitative estimate of drug-likeness (QED) is 0.489. The minimum absolute atomic E-state index is 0.0164. The molecule has 0 saturated carbocycles. The number of thiocarbonyl (C=S) groups is 1. The van der Waals surface area contributed by atoms with Gasteiger partial charge in [0.2, 0.25) is 5.91 Å². The van der Waals surface area contributed by atoms with E-state index < -0.39 is 11.9 Å². The van der Waals surface area contributed by atoms with Crippen LogP contribution in [-0.2, 0) is 14.3 Å². The summed E-state index contributed by atoms with van der Waals surface area (Å²) in [6.45, 7) is 1.97. The van der Waals surface area contributed by atoms with E-state index in [9.17, 15) is 14.4 Å². The number of nitrogens with one attached hydrogen (secondary N) is 3. The zero-order valence-corrected chi connectivity index (χ0v) is 16.2. The third-order valence-corrected chi connectivity index (χ3v) is 3.73. The lowest BCUT2D eigenvalue weighted by Gasteiger charge is -2.11. The number of carbonyl (C=O) groups excluding carboxylic acids is 3. The van der Waals surface area contributed by atoms with Gasteiger partial charge in [0, 0.05) is 23.4 Å². The first-order valence-corrected chi connectivity index (χ1v) is 9.11. The van der Waals surface area contributed by atoms with Crippen molar-refractivity contribution < 1.29 is 19.1 Å². The molecule has 0 aromatic heterocycles. The first-order chi connectivity index (χ1) is 13.5. The normalized spacial score (nSPS) is 9.89. The second-order valence-electron chi connectivity index (χ2n) is 5.71. The van der Waals surface area contributed by atoms with Gasteiger partial charge < -0.3 is 20.7 Å². The van der Waals surface area contributed by atoms with Crippen LogP contribution in [-0.4, -0.2) is 29.5 Å². The summed E-state index contributed by atoms with van der Waals surface area (Å²) >= 11 is 5.10. The maximum Gasteiger partial charge on any atom is 0.306 e. The van der Waals surface area contributed by atoms with Crippen molar-refractivity contribution >= 4 is 46.5 Å². The summed E-state index contributed by atoms with van der Waals surface area (Å²) < 4.78 is 4.77. The van der Waals surface area contributed by atoms with E-state index in [1.54, 1.807) is 43.3 Å². The summed E-state index contributed by atoms with van der Waals surface area (Å²) in [6, 6.07) is 15.8. The molecule has 2 rings (SSSR count). The van der Waals surface area contributed by atoms with Gasteiger partial charge >= 0.3 is 5.97 Å². The lowest BCUT2D eigenvalue weighted by molar-refractivity contribution is -0.144. The van der Waals surface area contributed by atoms with Crippen LogP contribution >= 0.6 is 12.2 Å². The molecule has 0 bridgehead atoms. The summed E-state index contributed by atoms with van der Waals surface area (Å²) in [6.07, 6.45) is -0.0440. The number of benzene rings is 2. The largest absolute Gasteiger partial charge is 0.466 e. The van der Waals surface area contributed by atoms with Crippen molar-refractivity contribution in [2.24, 2.45) is 0 Å². The highest BCUT2D eigenvalue weighted by atomic mass is 32.1. The molecule has 0 unspecified atom stereocenters. The van der Waals surface area contributed by atoms with Crippen LogP contribution in [0.5, 0.6) is 0 Å². The van der Waals surface area contributed by atoms with Crippen LogP contribution in [0.15, 0.2) is 54.6 Å². The van der Waals surface area contributed by atoms with Gasteiger partial charge in [-0.3, -0.25) is 14.4 Å². The van der Waals surface area contributed by atoms with Gasteiger partial charge in [-0.05, 0) is 49.5 Å². The Hall–Kier alpha value is -3.26. The molecule has 8 heteroatoms. The minimum Gasteiger partial charge on any atom is -0.466 e. The van der Waals surface area contributed by atoms with E-state index in [1.807, 2.05) is 18.2 Å². The fourth-order valence-corrected chi connectivity index (χ4v) is 2.49. The van der Waals surface area contributed by atoms with Gasteiger partial charge in [0.25, 0.3) is 5.91 Å². The Balaban J connectivity index is 1.87. The Labute approximate surface area is 168 Å². The molecule has 0 aliphatic rings. The van der Waals surface area contributed by atoms with E-state index in [0.29, 0.717) is 16.9 Å². The minimum atomic E-state index is -0.436. The second kappa shape index (κ2) is 10.8. The summed E-state index contributed by atoms with van der Waals surface area (Å²) in [5, 5.41) is 8.21. The standard InChI is InChI=1S/C20H21N3O4S/c1-2-27-18(25)12-11-17(24)23-20(28)22-16-10-6-7-14(13-16)19(26)21-15-8-4-3-5-9-15/h3-10,13H,2,11-12H2,1H3,(H,21,26)(H2,22,23,24,28). The zero-order chi connectivity index (χ0) is 20.4. The first-order valence-electron chi connectivity index (χ1n) is 8.71. The highest BCUT2D eigenvalue weighted by Crippen LogP contribution is 2.13. The van der Waals surface area contributed by atoms with Gasteiger partial charge in [0.15, 0.2) is 5.11 Å². The lowest BCUT2D eigenvalue weighted by Crippen LogP contribution is -2.34. The molecule has 0 aliphatic heterocycles. The monoisotopic (exact) mass is 399 g/mol. The van der Waals surface area contributed by atoms with E-state index >= 15 is 0 Å². The lowest BCUT2D eigenvalue weighted by atomic mass is 10.2. The van der Waals surface area contributed by atoms with E-state index in [1.165, 1.54) is 0 Å². The molecule has 28 heavy (non-hydrogen) atoms. The molecule has 0 heterocycles. The number of ether oxygens (including phenoxy) is 1. The predicted octanol–water partition coefficient (Wildman–Crippen LogP) is 3.10. The molecule has 0 spiro atoms. The van der Waals surface area contributed by atoms with Crippen LogP contribution in [0.2, 0.25) is 0 Å². The predicted molar refractivity (Wildman–Crippen MR) is 111 cm³/mol. The Morgan fingerprint density at radius 3 is 2.36 bits per heavy atom. The highest BCUT2D eigenvalue weighted by Gasteiger charge is 2.10. The Morgan fingerprint density at radius 1 is 0.929 bits per heavy atom. The van der Waals surface area contributed by atoms with E-state index in [2.05, 4.69) is 16.0 Å². The van der Waals surface area contributed by atoms with Gasteiger partial charge in [0.1, 0.15) is 0 Å². The van der Waals surface area contributed by atoms with Crippen molar-refractivity contribution in [1.82, 2.24) is 5.32 Å². The van der Waals surface area contributed by atoms with Crippen molar-refractivity contribution in [3.05, 3.63) is 60.2 Å². The summed E-state index contributed by atoms with van der Waals surface area (Å²) in [5.41, 5.74) is 1.68. The molecule has 0 saturated heterocycles. The number of anilines is 2. The molecule has 0 radical (unpaired) electrons. The Kier molecular flexibility index (Phi) is 8.11. The molecule has 7 nitrogen and oxygen atoms in total. The van der Waals surface area contributed by atoms with Gasteiger partial charge in [0.05, 0.1) is 13.0 Å². The first kappa shape index (κ1) is 21.0. The smallest absolute Gasteiger partial charge is 0.306 e. The molecular weight excluding hydrogens is 378 g/mol. The molecule has 2 aromatic rings. The number of hydrogen-bond acceptors (Lipinski definition) is 5. The van der Waals surface area contributed by atoms with E-state index in [-0.39, 0.29) is 30.5 Å². The topological polar surface area (TPSA) is 96.5 Å². The van der Waals surface area contributed by atoms with Crippen LogP contribution < -0.4 is 16.0 Å². The van der Waals surface area contributed by atoms with Crippen LogP contribution in [0.4, 0.5) is 11.4 Å². The van der Waals surface area contributed by atoms with Gasteiger partial charge in [-0.15, -0.1) is 0 Å². The van der Waals surface area contributed by atoms with Crippen molar-refractivity contribution in [3.63, 3.8) is 0 Å². The van der Waals surface area contributed by atoms with Crippen molar-refractivity contribution in [3.8, 4) is 0 Å². The fourth-order valence-electron chi connectivity index (χ4n) is 2.26. The molecular formula is C20H21N3O4S. The number of carbonyl (C=O) groups is 3. The summed E-state index contributed by atoms with van der Waals surface area (Å²) in [4.78, 5) is 35.4. The number of rotatable bonds is 7. The molecule has 3 N–H and O–H groups in total. The van der Waals surface area contributed by atoms with Crippen LogP contribution in [0.1, 0.15) is 30.1 Å². The van der Waals surface area contributed by atoms with Gasteiger partial charge in [-0.2, -0.15) is 0 Å². The van der Waals surface area contributed by atoms with Crippen LogP contribution in [0, 0.1) is 0 Å². The Bertz CT molecular complexity index is 856. The van der Waals surface area contributed by atoms with E-state index in [0.717, 1.165) is 0 Å². The highest BCUT2D eigenvalue weighted by molar-refractivity contribution is 7.80. The summed E-state index contributed by atoms with van der Waals surface area (Å²) in [5.74, 6) is -1.10. The molecule has 2 aromatic carbocycles. The second-order valence-corrected chi connectivity index (χ2v) is 6.12. The SMILES string of the molecule is CCOC(=O)CCC(=O)NC(=S)Nc1cccc(C(=O)Nc2ccccc2)c1. The third-order valence-electron chi connectivity index (χ3n) is 3.53. The summed E-state index contributed by atoms with van der Waals surface area (Å²) in [7, 11) is 0. The van der Waals surface area contributed by atoms with Gasteiger partial charge in [-0.25, -0.2) is 0 Å². The third kappa shape index (κ3) is 7.16. The van der Waals surface area contributed by atoms with E-state index in [4.69, 9.17) is 17.0 Å². The molecule has 2 amide bonds. The number of amides is 2. The zero-order valence-electron chi connectivity index (χ0n) is 15.4. The molecule has 146 valence electrons. The maximum absolute atomic E-state index is 12.3.